The molecule has 6 nitrogen and oxygen atoms in total. The minimum absolute atomic E-state index is 0.101. The van der Waals surface area contributed by atoms with Gasteiger partial charge in [0.05, 0.1) is 6.54 Å². The van der Waals surface area contributed by atoms with E-state index in [1.165, 1.54) is 4.68 Å². The Labute approximate surface area is 165 Å². The fraction of sp³-hybridized carbons (Fsp3) is 0.350. The van der Waals surface area contributed by atoms with Crippen LogP contribution in [-0.2, 0) is 32.6 Å². The van der Waals surface area contributed by atoms with Gasteiger partial charge in [-0.15, -0.1) is 0 Å². The van der Waals surface area contributed by atoms with Crippen LogP contribution in [0.15, 0.2) is 36.5 Å². The summed E-state index contributed by atoms with van der Waals surface area (Å²) in [4.78, 5) is 12.7. The Balaban J connectivity index is 1.66. The van der Waals surface area contributed by atoms with Gasteiger partial charge in [0.15, 0.2) is 11.5 Å². The Morgan fingerprint density at radius 1 is 1.14 bits per heavy atom. The molecule has 2 heterocycles. The van der Waals surface area contributed by atoms with Crippen molar-refractivity contribution in [2.45, 2.75) is 38.4 Å². The molecule has 0 atom stereocenters. The van der Waals surface area contributed by atoms with E-state index >= 15 is 0 Å². The van der Waals surface area contributed by atoms with E-state index in [2.05, 4.69) is 15.5 Å². The number of benzene rings is 1. The number of hydrogen-bond acceptors (Lipinski definition) is 3. The highest BCUT2D eigenvalue weighted by Gasteiger charge is 2.39. The second-order valence-corrected chi connectivity index (χ2v) is 7.12. The van der Waals surface area contributed by atoms with Crippen molar-refractivity contribution in [3.05, 3.63) is 64.6 Å². The van der Waals surface area contributed by atoms with E-state index in [4.69, 9.17) is 0 Å². The molecule has 1 N–H and O–H groups in total. The first-order valence-corrected chi connectivity index (χ1v) is 9.37. The van der Waals surface area contributed by atoms with Gasteiger partial charge in [0.2, 0.25) is 0 Å². The first-order valence-electron chi connectivity index (χ1n) is 9.37. The number of carbonyl (C=O) groups is 1. The van der Waals surface area contributed by atoms with Crippen molar-refractivity contribution in [2.75, 3.05) is 5.32 Å². The van der Waals surface area contributed by atoms with E-state index in [1.807, 2.05) is 0 Å². The van der Waals surface area contributed by atoms with Gasteiger partial charge in [-0.2, -0.15) is 23.4 Å². The van der Waals surface area contributed by atoms with Crippen LogP contribution in [0, 0.1) is 0 Å². The standard InChI is InChI=1S/C20H20F3N5O/c1-27-11-10-17(25-27)24-19(29)14-7-3-2-6-13(14)12-28-16-9-5-4-8-15(16)18(26-28)20(21,22)23/h2-3,6-7,10-11H,4-5,8-9,12H2,1H3,(H,24,25,29). The van der Waals surface area contributed by atoms with Gasteiger partial charge in [-0.05, 0) is 37.3 Å². The molecule has 2 aromatic heterocycles. The molecule has 29 heavy (non-hydrogen) atoms. The molecule has 3 aromatic rings. The number of nitrogens with one attached hydrogen (secondary N) is 1. The maximum Gasteiger partial charge on any atom is 0.435 e. The smallest absolute Gasteiger partial charge is 0.305 e. The third kappa shape index (κ3) is 3.90. The number of carbonyl (C=O) groups excluding carboxylic acids is 1. The van der Waals surface area contributed by atoms with Gasteiger partial charge in [0.25, 0.3) is 5.91 Å². The van der Waals surface area contributed by atoms with Crippen molar-refractivity contribution in [3.8, 4) is 0 Å². The topological polar surface area (TPSA) is 64.7 Å². The highest BCUT2D eigenvalue weighted by molar-refractivity contribution is 6.04. The third-order valence-corrected chi connectivity index (χ3v) is 5.06. The normalized spacial score (nSPS) is 13.9. The van der Waals surface area contributed by atoms with Gasteiger partial charge in [-0.1, -0.05) is 18.2 Å². The summed E-state index contributed by atoms with van der Waals surface area (Å²) >= 11 is 0. The summed E-state index contributed by atoms with van der Waals surface area (Å²) in [5.74, 6) is 0.0412. The molecule has 0 radical (unpaired) electrons. The van der Waals surface area contributed by atoms with Crippen LogP contribution in [0.2, 0.25) is 0 Å². The number of fused-ring (bicyclic) bond motifs is 1. The Kier molecular flexibility index (Phi) is 4.89. The maximum absolute atomic E-state index is 13.4. The Morgan fingerprint density at radius 2 is 1.90 bits per heavy atom. The van der Waals surface area contributed by atoms with E-state index in [0.29, 0.717) is 41.0 Å². The average Bonchev–Trinajstić information content (AvgIpc) is 3.26. The van der Waals surface area contributed by atoms with Crippen LogP contribution in [0.5, 0.6) is 0 Å². The summed E-state index contributed by atoms with van der Waals surface area (Å²) in [6.07, 6.45) is -0.284. The van der Waals surface area contributed by atoms with E-state index in [1.54, 1.807) is 48.3 Å². The van der Waals surface area contributed by atoms with Crippen LogP contribution >= 0.6 is 0 Å². The molecule has 0 fully saturated rings. The van der Waals surface area contributed by atoms with Gasteiger partial charge in [0.1, 0.15) is 0 Å². The van der Waals surface area contributed by atoms with Crippen molar-refractivity contribution < 1.29 is 18.0 Å². The molecular formula is C20H20F3N5O. The molecule has 1 aliphatic carbocycles. The van der Waals surface area contributed by atoms with Crippen molar-refractivity contribution in [2.24, 2.45) is 7.05 Å². The van der Waals surface area contributed by atoms with E-state index in [9.17, 15) is 18.0 Å². The van der Waals surface area contributed by atoms with E-state index in [0.717, 1.165) is 12.8 Å². The number of aryl methyl sites for hydroxylation is 1. The molecule has 0 spiro atoms. The molecule has 0 unspecified atom stereocenters. The summed E-state index contributed by atoms with van der Waals surface area (Å²) in [6, 6.07) is 8.52. The van der Waals surface area contributed by atoms with E-state index < -0.39 is 11.9 Å². The van der Waals surface area contributed by atoms with Crippen LogP contribution in [0.3, 0.4) is 0 Å². The number of amides is 1. The molecule has 4 rings (SSSR count). The second-order valence-electron chi connectivity index (χ2n) is 7.12. The van der Waals surface area contributed by atoms with Crippen LogP contribution in [0.1, 0.15) is 45.7 Å². The predicted octanol–water partition coefficient (Wildman–Crippen LogP) is 3.81. The van der Waals surface area contributed by atoms with Crippen LogP contribution in [-0.4, -0.2) is 25.5 Å². The Hall–Kier alpha value is -3.10. The zero-order valence-electron chi connectivity index (χ0n) is 15.8. The van der Waals surface area contributed by atoms with Crippen molar-refractivity contribution in [1.82, 2.24) is 19.6 Å². The SMILES string of the molecule is Cn1ccc(NC(=O)c2ccccc2Cn2nc(C(F)(F)F)c3c2CCCC3)n1. The first kappa shape index (κ1) is 19.2. The summed E-state index contributed by atoms with van der Waals surface area (Å²) in [7, 11) is 1.74. The summed E-state index contributed by atoms with van der Waals surface area (Å²) in [6.45, 7) is 0.101. The zero-order valence-corrected chi connectivity index (χ0v) is 15.8. The van der Waals surface area contributed by atoms with Crippen molar-refractivity contribution >= 4 is 11.7 Å². The van der Waals surface area contributed by atoms with Gasteiger partial charge >= 0.3 is 6.18 Å². The fourth-order valence-corrected chi connectivity index (χ4v) is 3.74. The van der Waals surface area contributed by atoms with E-state index in [-0.39, 0.29) is 12.5 Å². The number of rotatable bonds is 4. The Bertz CT molecular complexity index is 1050. The second kappa shape index (κ2) is 7.38. The summed E-state index contributed by atoms with van der Waals surface area (Å²) in [5.41, 5.74) is 1.09. The van der Waals surface area contributed by atoms with Gasteiger partial charge < -0.3 is 5.32 Å². The number of nitrogens with zero attached hydrogens (tertiary/aromatic N) is 4. The fourth-order valence-electron chi connectivity index (χ4n) is 3.74. The third-order valence-electron chi connectivity index (χ3n) is 5.06. The lowest BCUT2D eigenvalue weighted by Crippen LogP contribution is -2.17. The van der Waals surface area contributed by atoms with Crippen LogP contribution in [0.4, 0.5) is 19.0 Å². The number of anilines is 1. The maximum atomic E-state index is 13.4. The molecule has 1 aromatic carbocycles. The molecule has 1 aliphatic rings. The van der Waals surface area contributed by atoms with Crippen LogP contribution in [0.25, 0.3) is 0 Å². The highest BCUT2D eigenvalue weighted by atomic mass is 19.4. The van der Waals surface area contributed by atoms with Gasteiger partial charge in [0, 0.05) is 36.1 Å². The zero-order chi connectivity index (χ0) is 20.6. The summed E-state index contributed by atoms with van der Waals surface area (Å²) in [5, 5.41) is 10.7. The molecule has 0 aliphatic heterocycles. The van der Waals surface area contributed by atoms with Crippen molar-refractivity contribution in [1.29, 1.82) is 0 Å². The largest absolute Gasteiger partial charge is 0.435 e. The quantitative estimate of drug-likeness (QED) is 0.720. The van der Waals surface area contributed by atoms with Crippen LogP contribution < -0.4 is 5.32 Å². The minimum atomic E-state index is -4.48. The molecular weight excluding hydrogens is 383 g/mol. The molecule has 0 bridgehead atoms. The number of hydrogen-bond donors (Lipinski definition) is 1. The monoisotopic (exact) mass is 403 g/mol. The average molecular weight is 403 g/mol. The number of aromatic nitrogens is 4. The molecule has 0 saturated carbocycles. The lowest BCUT2D eigenvalue weighted by Gasteiger charge is -2.15. The predicted molar refractivity (Wildman–Crippen MR) is 101 cm³/mol. The Morgan fingerprint density at radius 3 is 2.62 bits per heavy atom. The lowest BCUT2D eigenvalue weighted by atomic mass is 9.95. The minimum Gasteiger partial charge on any atom is -0.305 e. The number of halogens is 3. The van der Waals surface area contributed by atoms with Crippen molar-refractivity contribution in [3.63, 3.8) is 0 Å². The highest BCUT2D eigenvalue weighted by Crippen LogP contribution is 2.36. The lowest BCUT2D eigenvalue weighted by molar-refractivity contribution is -0.142. The number of alkyl halides is 3. The van der Waals surface area contributed by atoms with Gasteiger partial charge in [-0.3, -0.25) is 14.2 Å². The first-order chi connectivity index (χ1) is 13.8. The molecule has 0 saturated heterocycles. The van der Waals surface area contributed by atoms with Gasteiger partial charge in [-0.25, -0.2) is 0 Å². The molecule has 9 heteroatoms. The molecule has 152 valence electrons. The molecule has 1 amide bonds. The summed E-state index contributed by atoms with van der Waals surface area (Å²) < 4.78 is 43.3.